The Balaban J connectivity index is 1.73. The first kappa shape index (κ1) is 20.3. The monoisotopic (exact) mass is 413 g/mol. The Bertz CT molecular complexity index is 1120. The predicted octanol–water partition coefficient (Wildman–Crippen LogP) is 6.53. The molecule has 0 bridgehead atoms. The molecule has 0 spiro atoms. The highest BCUT2D eigenvalue weighted by atomic mass is 32.1. The lowest BCUT2D eigenvalue weighted by molar-refractivity contribution is -0.274. The van der Waals surface area contributed by atoms with Crippen LogP contribution in [0.2, 0.25) is 0 Å². The molecule has 144 valence electrons. The number of hydrogen-bond donors (Lipinski definition) is 0. The minimum atomic E-state index is -4.73. The van der Waals surface area contributed by atoms with E-state index >= 15 is 0 Å². The molecule has 0 N–H and O–H groups in total. The quantitative estimate of drug-likeness (QED) is 0.211. The molecule has 29 heavy (non-hydrogen) atoms. The summed E-state index contributed by atoms with van der Waals surface area (Å²) in [4.78, 5) is 3.64. The van der Waals surface area contributed by atoms with E-state index < -0.39 is 12.2 Å². The van der Waals surface area contributed by atoms with Crippen LogP contribution in [0.15, 0.2) is 71.7 Å². The minimum Gasteiger partial charge on any atom is -0.406 e. The van der Waals surface area contributed by atoms with Crippen LogP contribution in [-0.2, 0) is 0 Å². The van der Waals surface area contributed by atoms with E-state index in [4.69, 9.17) is 0 Å². The summed E-state index contributed by atoms with van der Waals surface area (Å²) in [6.07, 6.45) is -4.73. The normalized spacial score (nSPS) is 10.5. The van der Waals surface area contributed by atoms with Crippen molar-refractivity contribution in [3.63, 3.8) is 0 Å². The van der Waals surface area contributed by atoms with Crippen molar-refractivity contribution in [2.75, 3.05) is 0 Å². The Labute approximate surface area is 169 Å². The molecule has 0 saturated carbocycles. The summed E-state index contributed by atoms with van der Waals surface area (Å²) < 4.78 is 54.3. The second-order valence-electron chi connectivity index (χ2n) is 5.77. The second-order valence-corrected chi connectivity index (χ2v) is 5.95. The number of alkyl halides is 3. The van der Waals surface area contributed by atoms with E-state index in [1.165, 1.54) is 36.4 Å². The number of halogens is 4. The minimum absolute atomic E-state index is 0.123. The van der Waals surface area contributed by atoms with Crippen LogP contribution in [0, 0.1) is 17.7 Å². The molecule has 0 aliphatic heterocycles. The largest absolute Gasteiger partial charge is 0.573 e. The molecule has 7 heteroatoms. The van der Waals surface area contributed by atoms with Crippen molar-refractivity contribution >= 4 is 23.1 Å². The number of isothiocyanates is 1. The summed E-state index contributed by atoms with van der Waals surface area (Å²) >= 11 is 4.47. The number of thiocarbonyl (C=S) groups is 1. The molecule has 0 aromatic heterocycles. The van der Waals surface area contributed by atoms with Gasteiger partial charge in [0.25, 0.3) is 0 Å². The SMILES string of the molecule is Fc1cc(-c2ccc(C#Cc3ccc(OC(F)(F)F)cc3)cc2)ccc1N=C=S. The molecular formula is C22H11F4NOS. The fourth-order valence-electron chi connectivity index (χ4n) is 2.46. The molecule has 0 aliphatic carbocycles. The van der Waals surface area contributed by atoms with Crippen molar-refractivity contribution in [3.05, 3.63) is 83.7 Å². The van der Waals surface area contributed by atoms with Gasteiger partial charge in [-0.15, -0.1) is 13.2 Å². The van der Waals surface area contributed by atoms with Crippen molar-refractivity contribution in [1.29, 1.82) is 0 Å². The van der Waals surface area contributed by atoms with E-state index in [1.807, 2.05) is 0 Å². The van der Waals surface area contributed by atoms with Crippen LogP contribution >= 0.6 is 12.2 Å². The zero-order valence-electron chi connectivity index (χ0n) is 14.6. The van der Waals surface area contributed by atoms with Gasteiger partial charge >= 0.3 is 6.36 Å². The first-order chi connectivity index (χ1) is 13.8. The third kappa shape index (κ3) is 5.76. The molecular weight excluding hydrogens is 402 g/mol. The van der Waals surface area contributed by atoms with E-state index in [9.17, 15) is 17.6 Å². The van der Waals surface area contributed by atoms with Crippen LogP contribution in [0.5, 0.6) is 5.75 Å². The summed E-state index contributed by atoms with van der Waals surface area (Å²) in [5, 5.41) is 2.13. The number of benzene rings is 3. The highest BCUT2D eigenvalue weighted by Crippen LogP contribution is 2.26. The predicted molar refractivity (Wildman–Crippen MR) is 106 cm³/mol. The lowest BCUT2D eigenvalue weighted by atomic mass is 10.0. The van der Waals surface area contributed by atoms with Crippen molar-refractivity contribution in [2.24, 2.45) is 4.99 Å². The van der Waals surface area contributed by atoms with Gasteiger partial charge in [-0.25, -0.2) is 4.39 Å². The van der Waals surface area contributed by atoms with Crippen LogP contribution in [0.4, 0.5) is 23.2 Å². The molecule has 3 aromatic rings. The van der Waals surface area contributed by atoms with Gasteiger partial charge in [0.15, 0.2) is 0 Å². The van der Waals surface area contributed by atoms with Crippen molar-refractivity contribution in [2.45, 2.75) is 6.36 Å². The second kappa shape index (κ2) is 8.70. The standard InChI is InChI=1S/C22H11F4NOS/c23-20-13-18(9-12-21(20)27-14-29)17-7-3-15(4-8-17)1-2-16-5-10-19(11-6-16)28-22(24,25)26/h3-13H. The molecule has 0 radical (unpaired) electrons. The van der Waals surface area contributed by atoms with E-state index in [0.717, 1.165) is 5.56 Å². The smallest absolute Gasteiger partial charge is 0.406 e. The summed E-state index contributed by atoms with van der Waals surface area (Å²) in [5.41, 5.74) is 2.83. The van der Waals surface area contributed by atoms with Crippen LogP contribution in [0.1, 0.15) is 11.1 Å². The number of ether oxygens (including phenoxy) is 1. The molecule has 0 amide bonds. The van der Waals surface area contributed by atoms with Gasteiger partial charge in [-0.05, 0) is 71.9 Å². The summed E-state index contributed by atoms with van der Waals surface area (Å²) in [6, 6.07) is 17.0. The fourth-order valence-corrected chi connectivity index (χ4v) is 2.55. The maximum Gasteiger partial charge on any atom is 0.573 e. The topological polar surface area (TPSA) is 21.6 Å². The first-order valence-corrected chi connectivity index (χ1v) is 8.60. The van der Waals surface area contributed by atoms with E-state index in [1.54, 1.807) is 30.3 Å². The maximum atomic E-state index is 14.0. The molecule has 0 atom stereocenters. The molecule has 3 aromatic carbocycles. The Kier molecular flexibility index (Phi) is 6.08. The Hall–Kier alpha value is -3.46. The molecule has 0 saturated heterocycles. The van der Waals surface area contributed by atoms with Crippen molar-refractivity contribution < 1.29 is 22.3 Å². The zero-order valence-corrected chi connectivity index (χ0v) is 15.4. The van der Waals surface area contributed by atoms with Gasteiger partial charge in [0.1, 0.15) is 17.3 Å². The fraction of sp³-hybridized carbons (Fsp3) is 0.0455. The van der Waals surface area contributed by atoms with E-state index in [0.29, 0.717) is 16.7 Å². The third-order valence-corrected chi connectivity index (χ3v) is 3.86. The number of nitrogens with zero attached hydrogens (tertiary/aromatic N) is 1. The average Bonchev–Trinajstić information content (AvgIpc) is 2.68. The maximum absolute atomic E-state index is 14.0. The average molecular weight is 413 g/mol. The number of hydrogen-bond acceptors (Lipinski definition) is 3. The zero-order chi connectivity index (χ0) is 20.9. The molecule has 0 fully saturated rings. The van der Waals surface area contributed by atoms with Crippen molar-refractivity contribution in [3.8, 4) is 28.7 Å². The molecule has 0 aliphatic rings. The number of aliphatic imine (C=N–C) groups is 1. The number of rotatable bonds is 3. The van der Waals surface area contributed by atoms with E-state index in [-0.39, 0.29) is 11.4 Å². The summed E-state index contributed by atoms with van der Waals surface area (Å²) in [7, 11) is 0. The molecule has 2 nitrogen and oxygen atoms in total. The Morgan fingerprint density at radius 2 is 1.34 bits per heavy atom. The summed E-state index contributed by atoms with van der Waals surface area (Å²) in [6.45, 7) is 0. The van der Waals surface area contributed by atoms with Gasteiger partial charge in [0.05, 0.1) is 5.16 Å². The Morgan fingerprint density at radius 3 is 1.86 bits per heavy atom. The van der Waals surface area contributed by atoms with Crippen LogP contribution in [0.3, 0.4) is 0 Å². The molecule has 0 heterocycles. The first-order valence-electron chi connectivity index (χ1n) is 8.20. The third-order valence-electron chi connectivity index (χ3n) is 3.77. The van der Waals surface area contributed by atoms with Crippen LogP contribution in [0.25, 0.3) is 11.1 Å². The van der Waals surface area contributed by atoms with Gasteiger partial charge in [0, 0.05) is 11.1 Å². The lowest BCUT2D eigenvalue weighted by Gasteiger charge is -2.07. The van der Waals surface area contributed by atoms with Crippen LogP contribution in [-0.4, -0.2) is 11.5 Å². The molecule has 3 rings (SSSR count). The van der Waals surface area contributed by atoms with Crippen LogP contribution < -0.4 is 4.74 Å². The summed E-state index contributed by atoms with van der Waals surface area (Å²) in [5.74, 6) is 4.99. The van der Waals surface area contributed by atoms with Gasteiger partial charge in [0.2, 0.25) is 0 Å². The highest BCUT2D eigenvalue weighted by molar-refractivity contribution is 7.78. The van der Waals surface area contributed by atoms with Gasteiger partial charge in [-0.2, -0.15) is 4.99 Å². The van der Waals surface area contributed by atoms with Crippen molar-refractivity contribution in [1.82, 2.24) is 0 Å². The van der Waals surface area contributed by atoms with Gasteiger partial charge in [-0.1, -0.05) is 30.0 Å². The van der Waals surface area contributed by atoms with Gasteiger partial charge < -0.3 is 4.74 Å². The van der Waals surface area contributed by atoms with Gasteiger partial charge in [-0.3, -0.25) is 0 Å². The Morgan fingerprint density at radius 1 is 0.793 bits per heavy atom. The molecule has 0 unspecified atom stereocenters. The lowest BCUT2D eigenvalue weighted by Crippen LogP contribution is -2.16. The highest BCUT2D eigenvalue weighted by Gasteiger charge is 2.30. The van der Waals surface area contributed by atoms with E-state index in [2.05, 4.69) is 38.9 Å².